The van der Waals surface area contributed by atoms with E-state index in [1.807, 2.05) is 26.0 Å². The van der Waals surface area contributed by atoms with Crippen LogP contribution in [-0.2, 0) is 30.3 Å². The van der Waals surface area contributed by atoms with Gasteiger partial charge in [-0.3, -0.25) is 14.4 Å². The lowest BCUT2D eigenvalue weighted by atomic mass is 9.96. The standard InChI is InChI=1S/C30H39N3O7/c1-18-9-7-8-10-22(18)26(27(36)31-17-25(35)39-6)33(24-15-19(24)2)28(37)23(32-29(38)40-30(3,4)5)16-20-11-13-21(34)14-12-20/h7-14,19,23-24,26,34H,15-17H2,1-6H3,(H,31,36)(H,32,38). The zero-order valence-electron chi connectivity index (χ0n) is 23.9. The highest BCUT2D eigenvalue weighted by atomic mass is 16.6. The van der Waals surface area contributed by atoms with E-state index in [-0.39, 0.29) is 30.7 Å². The Morgan fingerprint density at radius 3 is 2.25 bits per heavy atom. The van der Waals surface area contributed by atoms with E-state index in [1.54, 1.807) is 45.0 Å². The number of hydrogen-bond acceptors (Lipinski definition) is 7. The molecule has 2 aromatic rings. The Kier molecular flexibility index (Phi) is 9.78. The number of aromatic hydroxyl groups is 1. The maximum absolute atomic E-state index is 14.4. The Morgan fingerprint density at radius 1 is 1.07 bits per heavy atom. The number of phenols is 1. The maximum atomic E-state index is 14.4. The predicted octanol–water partition coefficient (Wildman–Crippen LogP) is 3.40. The van der Waals surface area contributed by atoms with E-state index in [1.165, 1.54) is 24.1 Å². The van der Waals surface area contributed by atoms with Crippen LogP contribution in [0.4, 0.5) is 4.79 Å². The third kappa shape index (κ3) is 8.21. The first-order valence-electron chi connectivity index (χ1n) is 13.3. The number of methoxy groups -OCH3 is 1. The minimum absolute atomic E-state index is 0.0713. The van der Waals surface area contributed by atoms with Crippen molar-refractivity contribution in [2.24, 2.45) is 5.92 Å². The molecule has 10 nitrogen and oxygen atoms in total. The molecule has 0 aliphatic heterocycles. The van der Waals surface area contributed by atoms with Gasteiger partial charge >= 0.3 is 12.1 Å². The SMILES string of the molecule is COC(=O)CNC(=O)C(c1ccccc1C)N(C(=O)C(Cc1ccc(O)cc1)NC(=O)OC(C)(C)C)C1CC1C. The number of amides is 3. The van der Waals surface area contributed by atoms with Gasteiger partial charge in [-0.25, -0.2) is 4.79 Å². The third-order valence-electron chi connectivity index (χ3n) is 6.69. The number of benzene rings is 2. The normalized spacial score (nSPS) is 17.6. The number of phenolic OH excluding ortho intramolecular Hbond substituents is 1. The van der Waals surface area contributed by atoms with Crippen LogP contribution in [0.25, 0.3) is 0 Å². The summed E-state index contributed by atoms with van der Waals surface area (Å²) in [6.45, 7) is 8.65. The van der Waals surface area contributed by atoms with Crippen LogP contribution in [0.5, 0.6) is 5.75 Å². The molecule has 3 amide bonds. The number of rotatable bonds is 10. The average Bonchev–Trinajstić information content (AvgIpc) is 3.61. The number of carbonyl (C=O) groups is 4. The van der Waals surface area contributed by atoms with Gasteiger partial charge in [0, 0.05) is 12.5 Å². The highest BCUT2D eigenvalue weighted by Gasteiger charge is 2.48. The lowest BCUT2D eigenvalue weighted by Gasteiger charge is -2.35. The van der Waals surface area contributed by atoms with Crippen molar-refractivity contribution in [1.29, 1.82) is 0 Å². The van der Waals surface area contributed by atoms with Crippen molar-refractivity contribution in [3.8, 4) is 5.75 Å². The van der Waals surface area contributed by atoms with Crippen molar-refractivity contribution >= 4 is 23.9 Å². The minimum atomic E-state index is -1.08. The summed E-state index contributed by atoms with van der Waals surface area (Å²) in [5, 5.41) is 15.0. The number of aryl methyl sites for hydroxylation is 1. The third-order valence-corrected chi connectivity index (χ3v) is 6.69. The molecule has 0 saturated heterocycles. The number of nitrogens with one attached hydrogen (secondary N) is 2. The summed E-state index contributed by atoms with van der Waals surface area (Å²) < 4.78 is 10.1. The maximum Gasteiger partial charge on any atom is 0.408 e. The molecule has 0 aromatic heterocycles. The molecule has 0 radical (unpaired) electrons. The average molecular weight is 554 g/mol. The number of hydrogen-bond donors (Lipinski definition) is 3. The van der Waals surface area contributed by atoms with Crippen molar-refractivity contribution < 1.29 is 33.8 Å². The van der Waals surface area contributed by atoms with Crippen LogP contribution in [-0.4, -0.2) is 65.2 Å². The number of esters is 1. The molecular formula is C30H39N3O7. The first-order chi connectivity index (χ1) is 18.8. The van der Waals surface area contributed by atoms with Crippen LogP contribution in [0, 0.1) is 12.8 Å². The van der Waals surface area contributed by atoms with Crippen molar-refractivity contribution in [3.63, 3.8) is 0 Å². The van der Waals surface area contributed by atoms with Crippen LogP contribution in [0.3, 0.4) is 0 Å². The van der Waals surface area contributed by atoms with Crippen LogP contribution >= 0.6 is 0 Å². The monoisotopic (exact) mass is 553 g/mol. The quantitative estimate of drug-likeness (QED) is 0.384. The topological polar surface area (TPSA) is 134 Å². The van der Waals surface area contributed by atoms with Gasteiger partial charge in [0.25, 0.3) is 0 Å². The van der Waals surface area contributed by atoms with Gasteiger partial charge in [-0.2, -0.15) is 0 Å². The van der Waals surface area contributed by atoms with Gasteiger partial charge in [0.2, 0.25) is 11.8 Å². The summed E-state index contributed by atoms with van der Waals surface area (Å²) in [5.74, 6) is -1.42. The number of nitrogens with zero attached hydrogens (tertiary/aromatic N) is 1. The fourth-order valence-corrected chi connectivity index (χ4v) is 4.51. The fourth-order valence-electron chi connectivity index (χ4n) is 4.51. The van der Waals surface area contributed by atoms with Crippen LogP contribution in [0.15, 0.2) is 48.5 Å². The first-order valence-corrected chi connectivity index (χ1v) is 13.3. The minimum Gasteiger partial charge on any atom is -0.508 e. The van der Waals surface area contributed by atoms with Gasteiger partial charge in [-0.05, 0) is 68.9 Å². The molecule has 3 N–H and O–H groups in total. The highest BCUT2D eigenvalue weighted by Crippen LogP contribution is 2.41. The van der Waals surface area contributed by atoms with Crippen molar-refractivity contribution in [3.05, 3.63) is 65.2 Å². The molecule has 1 fully saturated rings. The highest BCUT2D eigenvalue weighted by molar-refractivity contribution is 5.94. The summed E-state index contributed by atoms with van der Waals surface area (Å²) in [4.78, 5) is 54.3. The van der Waals surface area contributed by atoms with E-state index in [0.717, 1.165) is 5.56 Å². The Morgan fingerprint density at radius 2 is 1.70 bits per heavy atom. The Balaban J connectivity index is 2.04. The molecule has 1 saturated carbocycles. The summed E-state index contributed by atoms with van der Waals surface area (Å²) in [5.41, 5.74) is 1.30. The van der Waals surface area contributed by atoms with Crippen LogP contribution < -0.4 is 10.6 Å². The van der Waals surface area contributed by atoms with E-state index in [9.17, 15) is 24.3 Å². The molecule has 0 bridgehead atoms. The lowest BCUT2D eigenvalue weighted by molar-refractivity contribution is -0.145. The first kappa shape index (κ1) is 30.5. The van der Waals surface area contributed by atoms with Gasteiger partial charge in [0.15, 0.2) is 0 Å². The Hall–Kier alpha value is -4.08. The lowest BCUT2D eigenvalue weighted by Crippen LogP contribution is -2.55. The van der Waals surface area contributed by atoms with Crippen LogP contribution in [0.2, 0.25) is 0 Å². The number of carbonyl (C=O) groups excluding carboxylic acids is 4. The fraction of sp³-hybridized carbons (Fsp3) is 0.467. The van der Waals surface area contributed by atoms with Gasteiger partial charge < -0.3 is 30.1 Å². The molecule has 10 heteroatoms. The van der Waals surface area contributed by atoms with Gasteiger partial charge in [0.05, 0.1) is 7.11 Å². The van der Waals surface area contributed by atoms with Crippen LogP contribution in [0.1, 0.15) is 56.8 Å². The molecule has 4 atom stereocenters. The second kappa shape index (κ2) is 12.8. The van der Waals surface area contributed by atoms with E-state index in [2.05, 4.69) is 15.4 Å². The predicted molar refractivity (Wildman–Crippen MR) is 148 cm³/mol. The summed E-state index contributed by atoms with van der Waals surface area (Å²) in [6, 6.07) is 11.2. The molecule has 4 unspecified atom stereocenters. The molecule has 3 rings (SSSR count). The Labute approximate surface area is 235 Å². The van der Waals surface area contributed by atoms with E-state index in [4.69, 9.17) is 4.74 Å². The van der Waals surface area contributed by atoms with Gasteiger partial charge in [-0.1, -0.05) is 43.3 Å². The van der Waals surface area contributed by atoms with Crippen molar-refractivity contribution in [2.45, 2.75) is 71.2 Å². The molecular weight excluding hydrogens is 514 g/mol. The van der Waals surface area contributed by atoms with Gasteiger partial charge in [0.1, 0.15) is 30.0 Å². The smallest absolute Gasteiger partial charge is 0.408 e. The zero-order valence-corrected chi connectivity index (χ0v) is 23.9. The molecule has 216 valence electrons. The van der Waals surface area contributed by atoms with E-state index >= 15 is 0 Å². The molecule has 1 aliphatic carbocycles. The molecule has 2 aromatic carbocycles. The van der Waals surface area contributed by atoms with Crippen molar-refractivity contribution in [2.75, 3.05) is 13.7 Å². The van der Waals surface area contributed by atoms with E-state index < -0.39 is 41.6 Å². The number of alkyl carbamates (subject to hydrolysis) is 1. The Bertz CT molecular complexity index is 1220. The molecule has 0 heterocycles. The summed E-state index contributed by atoms with van der Waals surface area (Å²) in [7, 11) is 1.23. The second-order valence-electron chi connectivity index (χ2n) is 11.1. The molecule has 1 aliphatic rings. The summed E-state index contributed by atoms with van der Waals surface area (Å²) >= 11 is 0. The molecule has 40 heavy (non-hydrogen) atoms. The molecule has 0 spiro atoms. The largest absolute Gasteiger partial charge is 0.508 e. The number of ether oxygens (including phenoxy) is 2. The van der Waals surface area contributed by atoms with Gasteiger partial charge in [-0.15, -0.1) is 0 Å². The van der Waals surface area contributed by atoms with Crippen molar-refractivity contribution in [1.82, 2.24) is 15.5 Å². The zero-order chi connectivity index (χ0) is 29.6. The second-order valence-corrected chi connectivity index (χ2v) is 11.1. The summed E-state index contributed by atoms with van der Waals surface area (Å²) in [6.07, 6.45) is 0.00722. The van der Waals surface area contributed by atoms with E-state index in [0.29, 0.717) is 17.5 Å².